The van der Waals surface area contributed by atoms with E-state index < -0.39 is 24.0 Å². The summed E-state index contributed by atoms with van der Waals surface area (Å²) in [5.41, 5.74) is 0.872. The fourth-order valence-electron chi connectivity index (χ4n) is 1.85. The Morgan fingerprint density at radius 1 is 1.48 bits per heavy atom. The van der Waals surface area contributed by atoms with Gasteiger partial charge < -0.3 is 15.7 Å². The summed E-state index contributed by atoms with van der Waals surface area (Å²) in [5.74, 6) is -0.0197. The van der Waals surface area contributed by atoms with Crippen molar-refractivity contribution < 1.29 is 19.1 Å². The molecule has 0 aromatic carbocycles. The first-order valence-electron chi connectivity index (χ1n) is 7.48. The van der Waals surface area contributed by atoms with Crippen molar-refractivity contribution >= 4 is 23.8 Å². The van der Waals surface area contributed by atoms with Crippen molar-refractivity contribution in [3.8, 4) is 0 Å². The van der Waals surface area contributed by atoms with Gasteiger partial charge in [-0.15, -0.1) is 0 Å². The number of aromatic nitrogens is 1. The Morgan fingerprint density at radius 2 is 2.26 bits per heavy atom. The van der Waals surface area contributed by atoms with Gasteiger partial charge in [-0.2, -0.15) is 16.2 Å². The van der Waals surface area contributed by atoms with Gasteiger partial charge in [-0.1, -0.05) is 13.3 Å². The number of carbonyl (C=O) groups is 2. The Morgan fingerprint density at radius 3 is 2.91 bits per heavy atom. The van der Waals surface area contributed by atoms with Crippen LogP contribution in [0.4, 0.5) is 9.18 Å². The predicted octanol–water partition coefficient (Wildman–Crippen LogP) is 2.40. The number of pyridine rings is 1. The summed E-state index contributed by atoms with van der Waals surface area (Å²) in [6, 6.07) is 1.85. The first kappa shape index (κ1) is 19.2. The third kappa shape index (κ3) is 8.39. The zero-order valence-corrected chi connectivity index (χ0v) is 13.9. The molecule has 3 N–H and O–H groups in total. The van der Waals surface area contributed by atoms with Gasteiger partial charge in [0.2, 0.25) is 5.95 Å². The second-order valence-corrected chi connectivity index (χ2v) is 6.08. The summed E-state index contributed by atoms with van der Waals surface area (Å²) < 4.78 is 12.9. The van der Waals surface area contributed by atoms with Crippen LogP contribution in [-0.2, 0) is 10.5 Å². The standard InChI is InChI=1S/C15H22FN3O3S/c1-2-4-12(14(20)21)19-15(22)18-6-3-8-23-10-11-5-7-17-13(16)9-11/h5,7,9,12H,2-4,6,8,10H2,1H3,(H,20,21)(H2,18,19,22)/i16-1. The number of hydrogen-bond donors (Lipinski definition) is 3. The van der Waals surface area contributed by atoms with Crippen LogP contribution in [0.3, 0.4) is 0 Å². The lowest BCUT2D eigenvalue weighted by atomic mass is 10.2. The number of carboxylic acid groups (broad SMARTS) is 1. The number of nitrogens with one attached hydrogen (secondary N) is 2. The van der Waals surface area contributed by atoms with Crippen LogP contribution in [-0.4, -0.2) is 40.4 Å². The molecule has 0 saturated heterocycles. The molecule has 1 heterocycles. The van der Waals surface area contributed by atoms with Crippen LogP contribution < -0.4 is 10.6 Å². The number of nitrogens with zero attached hydrogens (tertiary/aromatic N) is 1. The fourth-order valence-corrected chi connectivity index (χ4v) is 2.76. The SMILES string of the molecule is CCCC(NC(=O)NCCCSCc1ccnc([18F])c1)C(=O)O. The highest BCUT2D eigenvalue weighted by Gasteiger charge is 2.18. The molecule has 1 rings (SSSR count). The van der Waals surface area contributed by atoms with Crippen LogP contribution in [0, 0.1) is 5.95 Å². The van der Waals surface area contributed by atoms with E-state index in [1.165, 1.54) is 12.3 Å². The van der Waals surface area contributed by atoms with Crippen molar-refractivity contribution in [2.75, 3.05) is 12.3 Å². The molecule has 0 aliphatic carbocycles. The van der Waals surface area contributed by atoms with Crippen molar-refractivity contribution in [3.63, 3.8) is 0 Å². The van der Waals surface area contributed by atoms with Gasteiger partial charge in [-0.05, 0) is 36.3 Å². The summed E-state index contributed by atoms with van der Waals surface area (Å²) >= 11 is 1.63. The van der Waals surface area contributed by atoms with E-state index in [-0.39, 0.29) is 0 Å². The topological polar surface area (TPSA) is 91.3 Å². The minimum atomic E-state index is -1.03. The number of thioether (sulfide) groups is 1. The smallest absolute Gasteiger partial charge is 0.326 e. The van der Waals surface area contributed by atoms with Crippen molar-refractivity contribution in [1.82, 2.24) is 15.6 Å². The molecule has 6 nitrogen and oxygen atoms in total. The maximum absolute atomic E-state index is 12.9. The first-order valence-corrected chi connectivity index (χ1v) is 8.63. The second-order valence-electron chi connectivity index (χ2n) is 4.97. The van der Waals surface area contributed by atoms with Crippen LogP contribution in [0.2, 0.25) is 0 Å². The van der Waals surface area contributed by atoms with E-state index in [2.05, 4.69) is 15.6 Å². The first-order chi connectivity index (χ1) is 11.0. The highest BCUT2D eigenvalue weighted by Crippen LogP contribution is 2.12. The van der Waals surface area contributed by atoms with Crippen molar-refractivity contribution in [3.05, 3.63) is 29.8 Å². The average Bonchev–Trinajstić information content (AvgIpc) is 2.50. The molecular formula is C15H22FN3O3S. The van der Waals surface area contributed by atoms with E-state index in [0.717, 1.165) is 17.7 Å². The van der Waals surface area contributed by atoms with Gasteiger partial charge in [0.05, 0.1) is 0 Å². The van der Waals surface area contributed by atoms with E-state index in [9.17, 15) is 14.0 Å². The lowest BCUT2D eigenvalue weighted by Gasteiger charge is -2.14. The molecule has 0 radical (unpaired) electrons. The van der Waals surface area contributed by atoms with Gasteiger partial charge in [0, 0.05) is 18.5 Å². The summed E-state index contributed by atoms with van der Waals surface area (Å²) in [5, 5.41) is 14.0. The third-order valence-corrected chi connectivity index (χ3v) is 4.11. The van der Waals surface area contributed by atoms with Gasteiger partial charge in [0.1, 0.15) is 6.04 Å². The molecule has 8 heteroatoms. The van der Waals surface area contributed by atoms with Crippen LogP contribution in [0.15, 0.2) is 18.3 Å². The van der Waals surface area contributed by atoms with E-state index >= 15 is 0 Å². The largest absolute Gasteiger partial charge is 0.480 e. The minimum absolute atomic E-state index is 0.404. The van der Waals surface area contributed by atoms with Gasteiger partial charge in [-0.25, -0.2) is 14.6 Å². The Balaban J connectivity index is 2.12. The normalized spacial score (nSPS) is 11.7. The van der Waals surface area contributed by atoms with E-state index in [0.29, 0.717) is 25.1 Å². The van der Waals surface area contributed by atoms with Crippen molar-refractivity contribution in [2.24, 2.45) is 0 Å². The predicted molar refractivity (Wildman–Crippen MR) is 87.8 cm³/mol. The molecule has 0 bridgehead atoms. The monoisotopic (exact) mass is 342 g/mol. The molecule has 1 unspecified atom stereocenters. The Bertz CT molecular complexity index is 516. The number of hydrogen-bond acceptors (Lipinski definition) is 4. The molecule has 1 atom stereocenters. The third-order valence-electron chi connectivity index (χ3n) is 2.99. The van der Waals surface area contributed by atoms with Crippen LogP contribution >= 0.6 is 11.8 Å². The maximum Gasteiger partial charge on any atom is 0.326 e. The number of carbonyl (C=O) groups excluding carboxylic acids is 1. The zero-order valence-electron chi connectivity index (χ0n) is 13.0. The van der Waals surface area contributed by atoms with Crippen molar-refractivity contribution in [2.45, 2.75) is 38.0 Å². The summed E-state index contributed by atoms with van der Waals surface area (Å²) in [4.78, 5) is 26.0. The Kier molecular flexibility index (Phi) is 9.04. The fraction of sp³-hybridized carbons (Fsp3) is 0.533. The highest BCUT2D eigenvalue weighted by atomic mass is 32.2. The van der Waals surface area contributed by atoms with E-state index in [4.69, 9.17) is 5.11 Å². The molecule has 0 aliphatic rings. The molecule has 0 fully saturated rings. The quantitative estimate of drug-likeness (QED) is 0.449. The molecule has 0 aliphatic heterocycles. The Labute approximate surface area is 139 Å². The number of amides is 2. The minimum Gasteiger partial charge on any atom is -0.480 e. The number of halogens is 1. The molecular weight excluding hydrogens is 320 g/mol. The van der Waals surface area contributed by atoms with E-state index in [1.54, 1.807) is 17.8 Å². The summed E-state index contributed by atoms with van der Waals surface area (Å²) in [7, 11) is 0. The number of carboxylic acids is 1. The van der Waals surface area contributed by atoms with Crippen LogP contribution in [0.25, 0.3) is 0 Å². The van der Waals surface area contributed by atoms with Gasteiger partial charge in [-0.3, -0.25) is 0 Å². The number of rotatable bonds is 10. The zero-order chi connectivity index (χ0) is 17.1. The lowest BCUT2D eigenvalue weighted by molar-refractivity contribution is -0.139. The molecule has 0 saturated carbocycles. The summed E-state index contributed by atoms with van der Waals surface area (Å²) in [6.45, 7) is 2.32. The maximum atomic E-state index is 12.9. The summed E-state index contributed by atoms with van der Waals surface area (Å²) in [6.07, 6.45) is 3.27. The van der Waals surface area contributed by atoms with E-state index in [1.807, 2.05) is 6.92 Å². The van der Waals surface area contributed by atoms with Crippen LogP contribution in [0.5, 0.6) is 0 Å². The highest BCUT2D eigenvalue weighted by molar-refractivity contribution is 7.98. The molecule has 23 heavy (non-hydrogen) atoms. The van der Waals surface area contributed by atoms with Crippen molar-refractivity contribution in [1.29, 1.82) is 0 Å². The molecule has 1 aromatic heterocycles. The molecule has 128 valence electrons. The van der Waals surface area contributed by atoms with Gasteiger partial charge in [0.15, 0.2) is 0 Å². The molecule has 1 aromatic rings. The number of urea groups is 1. The second kappa shape index (κ2) is 10.8. The average molecular weight is 342 g/mol. The molecule has 2 amide bonds. The Hall–Kier alpha value is -1.83. The van der Waals surface area contributed by atoms with Gasteiger partial charge in [0.25, 0.3) is 0 Å². The lowest BCUT2D eigenvalue weighted by Crippen LogP contribution is -2.46. The number of aliphatic carboxylic acids is 1. The molecule has 0 spiro atoms. The van der Waals surface area contributed by atoms with Gasteiger partial charge >= 0.3 is 12.0 Å². The van der Waals surface area contributed by atoms with Crippen LogP contribution in [0.1, 0.15) is 31.7 Å².